The summed E-state index contributed by atoms with van der Waals surface area (Å²) < 4.78 is 0. The van der Waals surface area contributed by atoms with E-state index >= 15 is 0 Å². The maximum atomic E-state index is 11.6. The first-order valence-corrected chi connectivity index (χ1v) is 6.45. The average molecular weight is 326 g/mol. The number of anilines is 1. The summed E-state index contributed by atoms with van der Waals surface area (Å²) in [5.74, 6) is 0. The van der Waals surface area contributed by atoms with Gasteiger partial charge in [0, 0.05) is 24.6 Å². The number of amides is 2. The van der Waals surface area contributed by atoms with Gasteiger partial charge in [-0.1, -0.05) is 39.1 Å². The van der Waals surface area contributed by atoms with Crippen LogP contribution in [0.1, 0.15) is 0 Å². The van der Waals surface area contributed by atoms with Gasteiger partial charge in [0.2, 0.25) is 0 Å². The monoisotopic (exact) mass is 324 g/mol. The standard InChI is InChI=1S/C10H11BrCl2N2O/c1-15(5-4-11)10(16)14-7-2-3-8(12)9(13)6-7/h2-3,6H,4-5H2,1H3,(H,14,16). The lowest BCUT2D eigenvalue weighted by molar-refractivity contribution is 0.225. The van der Waals surface area contributed by atoms with E-state index in [0.717, 1.165) is 5.33 Å². The van der Waals surface area contributed by atoms with Crippen LogP contribution in [0, 0.1) is 0 Å². The molecular weight excluding hydrogens is 315 g/mol. The molecule has 0 aliphatic heterocycles. The molecule has 0 atom stereocenters. The molecule has 1 aromatic rings. The third kappa shape index (κ3) is 3.85. The second-order valence-corrected chi connectivity index (χ2v) is 4.78. The Hall–Kier alpha value is -0.450. The van der Waals surface area contributed by atoms with E-state index in [0.29, 0.717) is 22.3 Å². The van der Waals surface area contributed by atoms with Gasteiger partial charge in [0.1, 0.15) is 0 Å². The fourth-order valence-electron chi connectivity index (χ4n) is 1.02. The van der Waals surface area contributed by atoms with Crippen LogP contribution in [0.2, 0.25) is 10.0 Å². The fraction of sp³-hybridized carbons (Fsp3) is 0.300. The molecule has 1 aromatic carbocycles. The lowest BCUT2D eigenvalue weighted by atomic mass is 10.3. The Kier molecular flexibility index (Phi) is 5.38. The van der Waals surface area contributed by atoms with E-state index in [2.05, 4.69) is 21.2 Å². The highest BCUT2D eigenvalue weighted by Crippen LogP contribution is 2.25. The van der Waals surface area contributed by atoms with Crippen LogP contribution in [-0.2, 0) is 0 Å². The molecule has 88 valence electrons. The predicted molar refractivity (Wildman–Crippen MR) is 71.9 cm³/mol. The molecule has 0 bridgehead atoms. The fourth-order valence-corrected chi connectivity index (χ4v) is 1.85. The SMILES string of the molecule is CN(CCBr)C(=O)Nc1ccc(Cl)c(Cl)c1. The van der Waals surface area contributed by atoms with E-state index in [1.54, 1.807) is 30.1 Å². The summed E-state index contributed by atoms with van der Waals surface area (Å²) >= 11 is 14.9. The molecule has 0 heterocycles. The molecule has 0 aromatic heterocycles. The van der Waals surface area contributed by atoms with Gasteiger partial charge in [-0.05, 0) is 18.2 Å². The lowest BCUT2D eigenvalue weighted by Gasteiger charge is -2.16. The molecule has 0 fully saturated rings. The van der Waals surface area contributed by atoms with Crippen molar-refractivity contribution in [2.45, 2.75) is 0 Å². The van der Waals surface area contributed by atoms with Crippen molar-refractivity contribution >= 4 is 50.9 Å². The van der Waals surface area contributed by atoms with Crippen LogP contribution in [0.5, 0.6) is 0 Å². The molecule has 0 aliphatic rings. The van der Waals surface area contributed by atoms with Gasteiger partial charge in [-0.15, -0.1) is 0 Å². The highest BCUT2D eigenvalue weighted by molar-refractivity contribution is 9.09. The molecule has 0 spiro atoms. The summed E-state index contributed by atoms with van der Waals surface area (Å²) in [5, 5.41) is 4.34. The Morgan fingerprint density at radius 2 is 2.12 bits per heavy atom. The highest BCUT2D eigenvalue weighted by Gasteiger charge is 2.08. The molecular formula is C10H11BrCl2N2O. The topological polar surface area (TPSA) is 32.3 Å². The van der Waals surface area contributed by atoms with Crippen molar-refractivity contribution in [2.24, 2.45) is 0 Å². The third-order valence-electron chi connectivity index (χ3n) is 1.94. The maximum Gasteiger partial charge on any atom is 0.321 e. The van der Waals surface area contributed by atoms with Gasteiger partial charge in [0.05, 0.1) is 10.0 Å². The van der Waals surface area contributed by atoms with Crippen LogP contribution < -0.4 is 5.32 Å². The molecule has 3 nitrogen and oxygen atoms in total. The first kappa shape index (κ1) is 13.6. The highest BCUT2D eigenvalue weighted by atomic mass is 79.9. The minimum Gasteiger partial charge on any atom is -0.327 e. The first-order valence-electron chi connectivity index (χ1n) is 4.57. The number of nitrogens with one attached hydrogen (secondary N) is 1. The van der Waals surface area contributed by atoms with Gasteiger partial charge < -0.3 is 10.2 Å². The van der Waals surface area contributed by atoms with Crippen LogP contribution in [0.3, 0.4) is 0 Å². The van der Waals surface area contributed by atoms with E-state index < -0.39 is 0 Å². The molecule has 0 radical (unpaired) electrons. The van der Waals surface area contributed by atoms with Gasteiger partial charge in [0.25, 0.3) is 0 Å². The molecule has 0 saturated heterocycles. The summed E-state index contributed by atoms with van der Waals surface area (Å²) in [6.45, 7) is 0.632. The normalized spacial score (nSPS) is 10.0. The minimum absolute atomic E-state index is 0.183. The second-order valence-electron chi connectivity index (χ2n) is 3.17. The number of carbonyl (C=O) groups is 1. The van der Waals surface area contributed by atoms with Crippen molar-refractivity contribution in [1.29, 1.82) is 0 Å². The Bertz CT molecular complexity index is 387. The molecule has 1 N–H and O–H groups in total. The molecule has 2 amide bonds. The van der Waals surface area contributed by atoms with Crippen molar-refractivity contribution < 1.29 is 4.79 Å². The van der Waals surface area contributed by atoms with Crippen LogP contribution in [-0.4, -0.2) is 29.9 Å². The molecule has 1 rings (SSSR count). The number of halogens is 3. The van der Waals surface area contributed by atoms with Gasteiger partial charge in [-0.25, -0.2) is 4.79 Å². The van der Waals surface area contributed by atoms with Crippen molar-refractivity contribution in [3.63, 3.8) is 0 Å². The second kappa shape index (κ2) is 6.33. The molecule has 0 saturated carbocycles. The van der Waals surface area contributed by atoms with E-state index in [1.807, 2.05) is 0 Å². The number of benzene rings is 1. The smallest absolute Gasteiger partial charge is 0.321 e. The predicted octanol–water partition coefficient (Wildman–Crippen LogP) is 3.85. The van der Waals surface area contributed by atoms with Crippen molar-refractivity contribution in [3.05, 3.63) is 28.2 Å². The van der Waals surface area contributed by atoms with Crippen molar-refractivity contribution in [3.8, 4) is 0 Å². The van der Waals surface area contributed by atoms with Crippen LogP contribution in [0.4, 0.5) is 10.5 Å². The van der Waals surface area contributed by atoms with Gasteiger partial charge in [-0.3, -0.25) is 0 Å². The largest absolute Gasteiger partial charge is 0.327 e. The lowest BCUT2D eigenvalue weighted by Crippen LogP contribution is -2.32. The number of rotatable bonds is 3. The number of nitrogens with zero attached hydrogens (tertiary/aromatic N) is 1. The molecule has 0 aliphatic carbocycles. The van der Waals surface area contributed by atoms with Gasteiger partial charge >= 0.3 is 6.03 Å². The Labute approximate surface area is 113 Å². The summed E-state index contributed by atoms with van der Waals surface area (Å²) in [5.41, 5.74) is 0.626. The number of urea groups is 1. The van der Waals surface area contributed by atoms with E-state index in [1.165, 1.54) is 0 Å². The van der Waals surface area contributed by atoms with Crippen LogP contribution in [0.25, 0.3) is 0 Å². The number of hydrogen-bond donors (Lipinski definition) is 1. The number of hydrogen-bond acceptors (Lipinski definition) is 1. The average Bonchev–Trinajstić information content (AvgIpc) is 2.24. The number of carbonyl (C=O) groups excluding carboxylic acids is 1. The van der Waals surface area contributed by atoms with Crippen molar-refractivity contribution in [1.82, 2.24) is 4.90 Å². The van der Waals surface area contributed by atoms with E-state index in [-0.39, 0.29) is 6.03 Å². The summed E-state index contributed by atoms with van der Waals surface area (Å²) in [6, 6.07) is 4.78. The van der Waals surface area contributed by atoms with Crippen LogP contribution in [0.15, 0.2) is 18.2 Å². The van der Waals surface area contributed by atoms with Crippen LogP contribution >= 0.6 is 39.1 Å². The summed E-state index contributed by atoms with van der Waals surface area (Å²) in [6.07, 6.45) is 0. The zero-order valence-corrected chi connectivity index (χ0v) is 11.7. The summed E-state index contributed by atoms with van der Waals surface area (Å²) in [7, 11) is 1.72. The molecule has 0 unspecified atom stereocenters. The maximum absolute atomic E-state index is 11.6. The Balaban J connectivity index is 2.66. The Morgan fingerprint density at radius 1 is 1.44 bits per heavy atom. The van der Waals surface area contributed by atoms with Crippen molar-refractivity contribution in [2.75, 3.05) is 24.2 Å². The molecule has 16 heavy (non-hydrogen) atoms. The summed E-state index contributed by atoms with van der Waals surface area (Å²) in [4.78, 5) is 13.2. The zero-order valence-electron chi connectivity index (χ0n) is 8.64. The van der Waals surface area contributed by atoms with Gasteiger partial charge in [-0.2, -0.15) is 0 Å². The first-order chi connectivity index (χ1) is 7.54. The quantitative estimate of drug-likeness (QED) is 0.841. The van der Waals surface area contributed by atoms with E-state index in [4.69, 9.17) is 23.2 Å². The van der Waals surface area contributed by atoms with E-state index in [9.17, 15) is 4.79 Å². The minimum atomic E-state index is -0.183. The zero-order chi connectivity index (χ0) is 12.1. The Morgan fingerprint density at radius 3 is 2.69 bits per heavy atom. The van der Waals surface area contributed by atoms with Gasteiger partial charge in [0.15, 0.2) is 0 Å². The molecule has 6 heteroatoms. The third-order valence-corrected chi connectivity index (χ3v) is 3.03. The number of alkyl halides is 1.